The van der Waals surface area contributed by atoms with Gasteiger partial charge in [0, 0.05) is 6.92 Å². The van der Waals surface area contributed by atoms with Crippen LogP contribution in [0.1, 0.15) is 122 Å². The van der Waals surface area contributed by atoms with Crippen LogP contribution in [0.2, 0.25) is 0 Å². The predicted octanol–water partition coefficient (Wildman–Crippen LogP) is -5.48. The van der Waals surface area contributed by atoms with Gasteiger partial charge in [0.05, 0.1) is 19.6 Å². The molecule has 0 saturated carbocycles. The largest absolute Gasteiger partial charge is 0.368 e. The molecule has 0 heterocycles. The van der Waals surface area contributed by atoms with E-state index in [-0.39, 0.29) is 32.1 Å². The van der Waals surface area contributed by atoms with Crippen LogP contribution in [-0.4, -0.2) is 154 Å². The van der Waals surface area contributed by atoms with Crippen LogP contribution in [-0.2, 0) is 47.9 Å². The van der Waals surface area contributed by atoms with E-state index >= 15 is 0 Å². The number of carbonyl (C=O) groups is 10. The summed E-state index contributed by atoms with van der Waals surface area (Å²) in [5.41, 5.74) is 39.0. The number of amides is 10. The molecule has 0 bridgehead atoms. The first-order valence-corrected chi connectivity index (χ1v) is 24.6. The van der Waals surface area contributed by atoms with Gasteiger partial charge in [-0.2, -0.15) is 0 Å². The van der Waals surface area contributed by atoms with Crippen LogP contribution in [0.25, 0.3) is 0 Å². The van der Waals surface area contributed by atoms with E-state index in [2.05, 4.69) is 47.9 Å². The molecule has 0 spiro atoms. The first kappa shape index (κ1) is 64.5. The number of carbonyl (C=O) groups excluding carboxylic acids is 10. The quantitative estimate of drug-likeness (QED) is 0.0254. The smallest absolute Gasteiger partial charge is 0.243 e. The summed E-state index contributed by atoms with van der Waals surface area (Å²) in [5, 5.41) is 23.2. The molecule has 0 saturated heterocycles. The Labute approximate surface area is 411 Å². The molecule has 26 nitrogen and oxygen atoms in total. The lowest BCUT2D eigenvalue weighted by molar-refractivity contribution is -0.134. The second kappa shape index (κ2) is 40.2. The van der Waals surface area contributed by atoms with E-state index in [1.165, 1.54) is 6.92 Å². The van der Waals surface area contributed by atoms with Gasteiger partial charge in [-0.15, -0.1) is 0 Å². The molecule has 0 aromatic heterocycles. The van der Waals surface area contributed by atoms with Gasteiger partial charge < -0.3 is 88.0 Å². The van der Waals surface area contributed by atoms with Crippen molar-refractivity contribution >= 4 is 59.1 Å². The minimum absolute atomic E-state index is 0.108. The molecular weight excluding hydrogens is 913 g/mol. The molecule has 10 amide bonds. The lowest BCUT2D eigenvalue weighted by atomic mass is 10.0. The lowest BCUT2D eigenvalue weighted by Gasteiger charge is -2.25. The number of nitrogens with two attached hydrogens (primary N) is 7. The molecule has 26 heteroatoms. The van der Waals surface area contributed by atoms with Gasteiger partial charge in [-0.3, -0.25) is 47.9 Å². The van der Waals surface area contributed by atoms with Gasteiger partial charge in [0.25, 0.3) is 0 Å². The zero-order valence-corrected chi connectivity index (χ0v) is 41.2. The molecule has 0 aliphatic rings. The zero-order chi connectivity index (χ0) is 52.7. The van der Waals surface area contributed by atoms with Gasteiger partial charge in [-0.25, -0.2) is 0 Å². The molecule has 6 atom stereocenters. The normalized spacial score (nSPS) is 13.5. The predicted molar refractivity (Wildman–Crippen MR) is 263 cm³/mol. The monoisotopic (exact) mass is 999 g/mol. The maximum Gasteiger partial charge on any atom is 0.243 e. The number of nitrogens with one attached hydrogen (secondary N) is 9. The van der Waals surface area contributed by atoms with Crippen LogP contribution >= 0.6 is 0 Å². The molecule has 0 rings (SSSR count). The van der Waals surface area contributed by atoms with E-state index in [4.69, 9.17) is 40.1 Å². The van der Waals surface area contributed by atoms with Gasteiger partial charge in [0.2, 0.25) is 59.1 Å². The second-order valence-corrected chi connectivity index (χ2v) is 17.0. The van der Waals surface area contributed by atoms with Crippen LogP contribution < -0.4 is 88.0 Å². The van der Waals surface area contributed by atoms with Crippen LogP contribution in [0.4, 0.5) is 0 Å². The minimum Gasteiger partial charge on any atom is -0.368 e. The Morgan fingerprint density at radius 2 is 0.543 bits per heavy atom. The Hall–Kier alpha value is -5.54. The minimum atomic E-state index is -1.19. The SMILES string of the molecule is CC(=O)N[C@@H](CCCCN)C(=O)N[C@@H](CCCCN)C(=O)NCC(=O)N[C@@H](CCCCN)C(=O)N[C@@H](CCCCN)C(=O)NCC(=O)N[C@@H](CCCCN)C(=O)N[C@@H](CCCCN)C(=O)NCC(N)=O. The summed E-state index contributed by atoms with van der Waals surface area (Å²) >= 11 is 0. The standard InChI is InChI=1S/C44H86N16O10/c1-29(61)55-33(17-5-11-23-48)42(68)58-31(15-3-9-21-46)40(66)53-27-37(63)57-35(19-7-13-25-50)44(70)60-32(16-4-10-22-47)41(67)54-28-38(64)56-34(18-6-12-24-49)43(69)59-30(14-2-8-20-45)39(65)52-26-36(51)62/h30-35H,2-28,45-50H2,1H3,(H2,51,62)(H,52,65)(H,53,66)(H,54,67)(H,55,61)(H,56,64)(H,57,63)(H,58,68)(H,59,69)(H,60,70)/t30-,31-,32-,33-,34-,35-/m0/s1. The highest BCUT2D eigenvalue weighted by molar-refractivity contribution is 5.97. The highest BCUT2D eigenvalue weighted by atomic mass is 16.2. The Balaban J connectivity index is 6.04. The summed E-state index contributed by atoms with van der Waals surface area (Å²) in [5.74, 6) is -6.76. The fourth-order valence-electron chi connectivity index (χ4n) is 7.00. The van der Waals surface area contributed by atoms with Gasteiger partial charge in [0.1, 0.15) is 36.3 Å². The Kier molecular flexibility index (Phi) is 37.0. The van der Waals surface area contributed by atoms with E-state index in [1.54, 1.807) is 0 Å². The third-order valence-corrected chi connectivity index (χ3v) is 10.9. The summed E-state index contributed by atoms with van der Waals surface area (Å²) < 4.78 is 0. The summed E-state index contributed by atoms with van der Waals surface area (Å²) in [7, 11) is 0. The molecule has 0 aliphatic carbocycles. The maximum absolute atomic E-state index is 13.8. The number of unbranched alkanes of at least 4 members (excludes halogenated alkanes) is 6. The maximum atomic E-state index is 13.8. The average Bonchev–Trinajstić information content (AvgIpc) is 3.32. The summed E-state index contributed by atoms with van der Waals surface area (Å²) in [6, 6.07) is -6.56. The van der Waals surface area contributed by atoms with Crippen molar-refractivity contribution in [3.63, 3.8) is 0 Å². The van der Waals surface area contributed by atoms with Crippen molar-refractivity contribution in [3.05, 3.63) is 0 Å². The van der Waals surface area contributed by atoms with Crippen molar-refractivity contribution in [2.75, 3.05) is 58.9 Å². The van der Waals surface area contributed by atoms with Gasteiger partial charge in [-0.05, 0) is 155 Å². The highest BCUT2D eigenvalue weighted by Crippen LogP contribution is 2.09. The molecule has 0 aromatic carbocycles. The summed E-state index contributed by atoms with van der Waals surface area (Å²) in [4.78, 5) is 130. The van der Waals surface area contributed by atoms with Crippen LogP contribution in [0, 0.1) is 0 Å². The van der Waals surface area contributed by atoms with E-state index in [0.29, 0.717) is 123 Å². The van der Waals surface area contributed by atoms with E-state index < -0.39 is 115 Å². The third-order valence-electron chi connectivity index (χ3n) is 10.9. The van der Waals surface area contributed by atoms with E-state index in [1.807, 2.05) is 0 Å². The van der Waals surface area contributed by atoms with Crippen LogP contribution in [0.5, 0.6) is 0 Å². The van der Waals surface area contributed by atoms with E-state index in [0.717, 1.165) is 0 Å². The van der Waals surface area contributed by atoms with Crippen LogP contribution in [0.3, 0.4) is 0 Å². The highest BCUT2D eigenvalue weighted by Gasteiger charge is 2.30. The molecule has 0 fully saturated rings. The Bertz CT molecular complexity index is 1610. The van der Waals surface area contributed by atoms with E-state index in [9.17, 15) is 47.9 Å². The average molecular weight is 999 g/mol. The number of primary amides is 1. The number of rotatable bonds is 42. The van der Waals surface area contributed by atoms with Gasteiger partial charge in [-0.1, -0.05) is 0 Å². The molecule has 23 N–H and O–H groups in total. The molecule has 402 valence electrons. The van der Waals surface area contributed by atoms with Crippen molar-refractivity contribution in [2.45, 2.75) is 159 Å². The molecule has 0 aromatic rings. The molecule has 70 heavy (non-hydrogen) atoms. The van der Waals surface area contributed by atoms with Crippen molar-refractivity contribution in [1.29, 1.82) is 0 Å². The van der Waals surface area contributed by atoms with Gasteiger partial charge in [0.15, 0.2) is 0 Å². The summed E-state index contributed by atoms with van der Waals surface area (Å²) in [6.45, 7) is 1.65. The number of hydrogen-bond donors (Lipinski definition) is 16. The summed E-state index contributed by atoms with van der Waals surface area (Å²) in [6.07, 6.45) is 7.05. The third kappa shape index (κ3) is 30.8. The van der Waals surface area contributed by atoms with Crippen LogP contribution in [0.15, 0.2) is 0 Å². The fourth-order valence-corrected chi connectivity index (χ4v) is 7.00. The second-order valence-electron chi connectivity index (χ2n) is 17.0. The lowest BCUT2D eigenvalue weighted by Crippen LogP contribution is -2.57. The Morgan fingerprint density at radius 1 is 0.314 bits per heavy atom. The number of hydrogen-bond acceptors (Lipinski definition) is 16. The zero-order valence-electron chi connectivity index (χ0n) is 41.2. The van der Waals surface area contributed by atoms with Crippen molar-refractivity contribution in [3.8, 4) is 0 Å². The molecule has 0 aliphatic heterocycles. The molecule has 0 unspecified atom stereocenters. The first-order chi connectivity index (χ1) is 33.5. The van der Waals surface area contributed by atoms with Gasteiger partial charge >= 0.3 is 0 Å². The Morgan fingerprint density at radius 3 is 0.771 bits per heavy atom. The van der Waals surface area contributed by atoms with Crippen molar-refractivity contribution < 1.29 is 47.9 Å². The van der Waals surface area contributed by atoms with Crippen molar-refractivity contribution in [2.24, 2.45) is 40.1 Å². The van der Waals surface area contributed by atoms with Crippen molar-refractivity contribution in [1.82, 2.24) is 47.9 Å². The topological polar surface area (TPSA) is 461 Å². The first-order valence-electron chi connectivity index (χ1n) is 24.6. The fraction of sp³-hybridized carbons (Fsp3) is 0.773. The molecule has 0 radical (unpaired) electrons. The molecular formula is C44H86N16O10.